The Morgan fingerprint density at radius 2 is 1.78 bits per heavy atom. The first-order valence-corrected chi connectivity index (χ1v) is 8.23. The number of quaternary nitrogens is 1. The number of hydrogen-bond donors (Lipinski definition) is 1. The van der Waals surface area contributed by atoms with Crippen molar-refractivity contribution in [3.8, 4) is 11.5 Å². The molecule has 0 aliphatic rings. The van der Waals surface area contributed by atoms with Crippen molar-refractivity contribution >= 4 is 5.69 Å². The highest BCUT2D eigenvalue weighted by Gasteiger charge is 2.23. The van der Waals surface area contributed by atoms with Gasteiger partial charge in [-0.1, -0.05) is 0 Å². The number of nitrogens with zero attached hydrogens (tertiary/aromatic N) is 3. The molecule has 3 aromatic rings. The second kappa shape index (κ2) is 7.58. The summed E-state index contributed by atoms with van der Waals surface area (Å²) in [5, 5.41) is 20.5. The van der Waals surface area contributed by atoms with Gasteiger partial charge >= 0.3 is 0 Å². The highest BCUT2D eigenvalue weighted by Crippen LogP contribution is 2.23. The van der Waals surface area contributed by atoms with Gasteiger partial charge in [0.2, 0.25) is 5.89 Å². The average Bonchev–Trinajstić information content (AvgIpc) is 3.12. The van der Waals surface area contributed by atoms with Crippen molar-refractivity contribution in [3.63, 3.8) is 0 Å². The third-order valence-electron chi connectivity index (χ3n) is 4.19. The molecule has 9 heteroatoms. The number of non-ortho nitro benzene ring substituents is 1. The van der Waals surface area contributed by atoms with Crippen LogP contribution in [0.3, 0.4) is 0 Å². The Morgan fingerprint density at radius 1 is 1.07 bits per heavy atom. The van der Waals surface area contributed by atoms with Crippen LogP contribution >= 0.6 is 0 Å². The number of nitro groups is 1. The Hall–Kier alpha value is -3.20. The largest absolute Gasteiger partial charge is 0.415 e. The zero-order valence-electron chi connectivity index (χ0n) is 14.6. The SMILES string of the molecule is C[C@H]([NH2+][C@H](C)c1ccc(F)cc1F)c1nnc(-c2ccc([N+](=O)[O-])cc2)o1. The van der Waals surface area contributed by atoms with Crippen LogP contribution in [0, 0.1) is 21.7 Å². The van der Waals surface area contributed by atoms with Crippen LogP contribution in [0.25, 0.3) is 11.5 Å². The molecule has 2 N–H and O–H groups in total. The van der Waals surface area contributed by atoms with E-state index in [0.717, 1.165) is 6.07 Å². The molecule has 0 amide bonds. The maximum atomic E-state index is 13.9. The number of aromatic nitrogens is 2. The van der Waals surface area contributed by atoms with Crippen LogP contribution < -0.4 is 5.32 Å². The van der Waals surface area contributed by atoms with E-state index >= 15 is 0 Å². The molecule has 3 rings (SSSR count). The summed E-state index contributed by atoms with van der Waals surface area (Å²) < 4.78 is 32.6. The normalized spacial score (nSPS) is 13.3. The van der Waals surface area contributed by atoms with Crippen molar-refractivity contribution < 1.29 is 23.4 Å². The molecule has 27 heavy (non-hydrogen) atoms. The summed E-state index contributed by atoms with van der Waals surface area (Å²) in [6, 6.07) is 8.67. The first kappa shape index (κ1) is 18.6. The Bertz CT molecular complexity index is 959. The minimum Gasteiger partial charge on any atom is -0.415 e. The molecule has 0 spiro atoms. The van der Waals surface area contributed by atoms with Crippen molar-refractivity contribution in [1.29, 1.82) is 0 Å². The van der Waals surface area contributed by atoms with Crippen molar-refractivity contribution in [3.05, 3.63) is 75.7 Å². The number of hydrogen-bond acceptors (Lipinski definition) is 5. The van der Waals surface area contributed by atoms with Crippen LogP contribution in [0.4, 0.5) is 14.5 Å². The lowest BCUT2D eigenvalue weighted by molar-refractivity contribution is -0.730. The average molecular weight is 375 g/mol. The van der Waals surface area contributed by atoms with Crippen molar-refractivity contribution in [2.45, 2.75) is 25.9 Å². The maximum Gasteiger partial charge on any atom is 0.274 e. The van der Waals surface area contributed by atoms with Crippen LogP contribution in [0.2, 0.25) is 0 Å². The predicted octanol–water partition coefficient (Wildman–Crippen LogP) is 3.31. The van der Waals surface area contributed by atoms with E-state index in [0.29, 0.717) is 17.0 Å². The summed E-state index contributed by atoms with van der Waals surface area (Å²) >= 11 is 0. The van der Waals surface area contributed by atoms with E-state index in [1.165, 1.54) is 36.4 Å². The number of benzene rings is 2. The molecule has 0 saturated carbocycles. The highest BCUT2D eigenvalue weighted by molar-refractivity contribution is 5.55. The topological polar surface area (TPSA) is 98.7 Å². The van der Waals surface area contributed by atoms with Gasteiger partial charge in [0.25, 0.3) is 11.6 Å². The molecule has 0 unspecified atom stereocenters. The van der Waals surface area contributed by atoms with Gasteiger partial charge in [-0.2, -0.15) is 0 Å². The molecule has 0 aliphatic heterocycles. The molecular formula is C18H17F2N4O3+. The molecular weight excluding hydrogens is 358 g/mol. The van der Waals surface area contributed by atoms with E-state index in [9.17, 15) is 18.9 Å². The van der Waals surface area contributed by atoms with E-state index in [2.05, 4.69) is 10.2 Å². The molecule has 0 aliphatic carbocycles. The number of halogens is 2. The van der Waals surface area contributed by atoms with Crippen LogP contribution in [-0.4, -0.2) is 15.1 Å². The van der Waals surface area contributed by atoms with Crippen LogP contribution in [-0.2, 0) is 0 Å². The summed E-state index contributed by atoms with van der Waals surface area (Å²) in [5.41, 5.74) is 0.901. The summed E-state index contributed by atoms with van der Waals surface area (Å²) in [7, 11) is 0. The monoisotopic (exact) mass is 375 g/mol. The molecule has 0 fully saturated rings. The number of nitro benzene ring substituents is 1. The number of nitrogens with two attached hydrogens (primary N) is 1. The molecule has 140 valence electrons. The van der Waals surface area contributed by atoms with E-state index in [-0.39, 0.29) is 23.7 Å². The van der Waals surface area contributed by atoms with Gasteiger partial charge in [-0.25, -0.2) is 8.78 Å². The second-order valence-electron chi connectivity index (χ2n) is 6.19. The zero-order chi connectivity index (χ0) is 19.6. The molecule has 1 aromatic heterocycles. The molecule has 0 bridgehead atoms. The molecule has 0 radical (unpaired) electrons. The first-order valence-electron chi connectivity index (χ1n) is 8.23. The predicted molar refractivity (Wildman–Crippen MR) is 91.5 cm³/mol. The smallest absolute Gasteiger partial charge is 0.274 e. The van der Waals surface area contributed by atoms with Gasteiger partial charge in [0.05, 0.1) is 4.92 Å². The third-order valence-corrected chi connectivity index (χ3v) is 4.19. The lowest BCUT2D eigenvalue weighted by Gasteiger charge is -2.15. The Morgan fingerprint density at radius 3 is 2.41 bits per heavy atom. The van der Waals surface area contributed by atoms with Gasteiger partial charge in [-0.05, 0) is 38.1 Å². The third kappa shape index (κ3) is 4.14. The fraction of sp³-hybridized carbons (Fsp3) is 0.222. The van der Waals surface area contributed by atoms with Gasteiger partial charge in [0, 0.05) is 29.3 Å². The summed E-state index contributed by atoms with van der Waals surface area (Å²) in [6.45, 7) is 3.62. The molecule has 0 saturated heterocycles. The van der Waals surface area contributed by atoms with Crippen LogP contribution in [0.1, 0.15) is 37.4 Å². The van der Waals surface area contributed by atoms with Gasteiger partial charge in [0.1, 0.15) is 17.7 Å². The van der Waals surface area contributed by atoms with Gasteiger partial charge in [-0.15, -0.1) is 10.2 Å². The quantitative estimate of drug-likeness (QED) is 0.526. The summed E-state index contributed by atoms with van der Waals surface area (Å²) in [6.07, 6.45) is 0. The molecule has 1 heterocycles. The first-order chi connectivity index (χ1) is 12.8. The second-order valence-corrected chi connectivity index (χ2v) is 6.19. The van der Waals surface area contributed by atoms with E-state index in [1.54, 1.807) is 6.92 Å². The lowest BCUT2D eigenvalue weighted by atomic mass is 10.1. The zero-order valence-corrected chi connectivity index (χ0v) is 14.6. The van der Waals surface area contributed by atoms with Crippen LogP contribution in [0.15, 0.2) is 46.9 Å². The van der Waals surface area contributed by atoms with E-state index in [4.69, 9.17) is 4.42 Å². The summed E-state index contributed by atoms with van der Waals surface area (Å²) in [4.78, 5) is 10.2. The van der Waals surface area contributed by atoms with Gasteiger partial charge in [-0.3, -0.25) is 10.1 Å². The number of rotatable bonds is 6. The highest BCUT2D eigenvalue weighted by atomic mass is 19.1. The van der Waals surface area contributed by atoms with E-state index in [1.807, 2.05) is 12.2 Å². The fourth-order valence-corrected chi connectivity index (χ4v) is 2.75. The summed E-state index contributed by atoms with van der Waals surface area (Å²) in [5.74, 6) is -0.664. The van der Waals surface area contributed by atoms with Crippen LogP contribution in [0.5, 0.6) is 0 Å². The van der Waals surface area contributed by atoms with Crippen molar-refractivity contribution in [1.82, 2.24) is 10.2 Å². The minimum absolute atomic E-state index is 0.0321. The van der Waals surface area contributed by atoms with Crippen molar-refractivity contribution in [2.24, 2.45) is 0 Å². The van der Waals surface area contributed by atoms with E-state index < -0.39 is 16.6 Å². The Labute approximate surface area is 153 Å². The Kier molecular flexibility index (Phi) is 5.22. The molecule has 7 nitrogen and oxygen atoms in total. The lowest BCUT2D eigenvalue weighted by Crippen LogP contribution is -2.85. The van der Waals surface area contributed by atoms with Crippen molar-refractivity contribution in [2.75, 3.05) is 0 Å². The van der Waals surface area contributed by atoms with Gasteiger partial charge < -0.3 is 9.73 Å². The Balaban J connectivity index is 1.72. The molecule has 2 atom stereocenters. The van der Waals surface area contributed by atoms with Gasteiger partial charge in [0.15, 0.2) is 6.04 Å². The maximum absolute atomic E-state index is 13.9. The minimum atomic E-state index is -0.624. The molecule has 2 aromatic carbocycles. The standard InChI is InChI=1S/C18H16F2N4O3/c1-10(15-8-5-13(19)9-16(15)20)21-11(2)17-22-23-18(27-17)12-3-6-14(7-4-12)24(25)26/h3-11,21H,1-2H3/p+1/t10-,11+/m1/s1. The fourth-order valence-electron chi connectivity index (χ4n) is 2.75.